The molecule has 0 unspecified atom stereocenters. The van der Waals surface area contributed by atoms with Gasteiger partial charge in [-0.15, -0.1) is 0 Å². The number of halogens is 4. The van der Waals surface area contributed by atoms with E-state index in [0.717, 1.165) is 12.1 Å². The normalized spacial score (nSPS) is 13.2. The summed E-state index contributed by atoms with van der Waals surface area (Å²) < 4.78 is 55.7. The maximum Gasteiger partial charge on any atom is 0.416 e. The lowest BCUT2D eigenvalue weighted by Crippen LogP contribution is -2.16. The molecule has 5 nitrogen and oxygen atoms in total. The molecule has 9 heteroatoms. The van der Waals surface area contributed by atoms with Crippen LogP contribution in [0.4, 0.5) is 18.9 Å². The van der Waals surface area contributed by atoms with Crippen LogP contribution in [-0.4, -0.2) is 19.1 Å². The van der Waals surface area contributed by atoms with Gasteiger partial charge in [-0.05, 0) is 40.2 Å². The molecule has 0 aliphatic carbocycles. The molecule has 0 bridgehead atoms. The second-order valence-corrected chi connectivity index (χ2v) is 7.03. The van der Waals surface area contributed by atoms with Crippen molar-refractivity contribution in [2.24, 2.45) is 0 Å². The van der Waals surface area contributed by atoms with Crippen molar-refractivity contribution in [1.29, 1.82) is 0 Å². The van der Waals surface area contributed by atoms with E-state index in [4.69, 9.17) is 13.9 Å². The first kappa shape index (κ1) is 19.4. The van der Waals surface area contributed by atoms with E-state index < -0.39 is 17.6 Å². The molecule has 2 heterocycles. The minimum absolute atomic E-state index is 0.0424. The summed E-state index contributed by atoms with van der Waals surface area (Å²) in [6.07, 6.45) is -4.46. The lowest BCUT2D eigenvalue weighted by Gasteiger charge is -2.20. The molecule has 1 amide bonds. The molecule has 1 aliphatic rings. The van der Waals surface area contributed by atoms with Gasteiger partial charge < -0.3 is 19.2 Å². The molecule has 1 aromatic heterocycles. The number of carbonyl (C=O) groups excluding carboxylic acids is 1. The Kier molecular flexibility index (Phi) is 4.99. The van der Waals surface area contributed by atoms with E-state index in [9.17, 15) is 18.0 Å². The molecular weight excluding hydrogens is 455 g/mol. The Bertz CT molecular complexity index is 1080. The Labute approximate surface area is 171 Å². The van der Waals surface area contributed by atoms with E-state index >= 15 is 0 Å². The van der Waals surface area contributed by atoms with Gasteiger partial charge in [-0.1, -0.05) is 12.1 Å². The molecule has 150 valence electrons. The van der Waals surface area contributed by atoms with Gasteiger partial charge in [-0.25, -0.2) is 0 Å². The zero-order valence-corrected chi connectivity index (χ0v) is 16.3. The predicted octanol–water partition coefficient (Wildman–Crippen LogP) is 5.75. The highest BCUT2D eigenvalue weighted by Gasteiger charge is 2.30. The molecule has 0 fully saturated rings. The number of hydrogen-bond donors (Lipinski definition) is 1. The van der Waals surface area contributed by atoms with Crippen LogP contribution < -0.4 is 14.8 Å². The second-order valence-electron chi connectivity index (χ2n) is 6.17. The van der Waals surface area contributed by atoms with Gasteiger partial charge in [0.2, 0.25) is 0 Å². The largest absolute Gasteiger partial charge is 0.486 e. The fraction of sp³-hybridized carbons (Fsp3) is 0.150. The zero-order chi connectivity index (χ0) is 20.6. The summed E-state index contributed by atoms with van der Waals surface area (Å²) in [7, 11) is 0. The van der Waals surface area contributed by atoms with Crippen LogP contribution >= 0.6 is 15.9 Å². The predicted molar refractivity (Wildman–Crippen MR) is 102 cm³/mol. The van der Waals surface area contributed by atoms with Crippen molar-refractivity contribution >= 4 is 27.5 Å². The third-order valence-corrected chi connectivity index (χ3v) is 4.84. The smallest absolute Gasteiger partial charge is 0.416 e. The molecule has 0 saturated carbocycles. The van der Waals surface area contributed by atoms with Crippen molar-refractivity contribution in [3.8, 4) is 22.8 Å². The molecular formula is C20H13BrF3NO4. The van der Waals surface area contributed by atoms with Gasteiger partial charge >= 0.3 is 6.18 Å². The summed E-state index contributed by atoms with van der Waals surface area (Å²) >= 11 is 3.36. The van der Waals surface area contributed by atoms with E-state index in [2.05, 4.69) is 21.2 Å². The number of ether oxygens (including phenoxy) is 2. The molecule has 0 radical (unpaired) electrons. The van der Waals surface area contributed by atoms with Gasteiger partial charge in [0, 0.05) is 22.2 Å². The van der Waals surface area contributed by atoms with Crippen LogP contribution in [0.1, 0.15) is 16.1 Å². The van der Waals surface area contributed by atoms with E-state index in [1.165, 1.54) is 24.3 Å². The van der Waals surface area contributed by atoms with Crippen LogP contribution in [0.5, 0.6) is 11.5 Å². The molecule has 29 heavy (non-hydrogen) atoms. The Hall–Kier alpha value is -2.94. The Morgan fingerprint density at radius 2 is 1.72 bits per heavy atom. The first-order valence-electron chi connectivity index (χ1n) is 8.49. The molecule has 2 aromatic carbocycles. The quantitative estimate of drug-likeness (QED) is 0.532. The third kappa shape index (κ3) is 4.09. The number of hydrogen-bond acceptors (Lipinski definition) is 4. The molecule has 0 spiro atoms. The summed E-state index contributed by atoms with van der Waals surface area (Å²) in [5, 5.41) is 2.68. The van der Waals surface area contributed by atoms with Crippen molar-refractivity contribution in [1.82, 2.24) is 0 Å². The highest BCUT2D eigenvalue weighted by Crippen LogP contribution is 2.38. The average Bonchev–Trinajstić information content (AvgIpc) is 3.18. The van der Waals surface area contributed by atoms with Crippen molar-refractivity contribution < 1.29 is 31.9 Å². The first-order valence-corrected chi connectivity index (χ1v) is 9.28. The number of fused-ring (bicyclic) bond motifs is 1. The van der Waals surface area contributed by atoms with Gasteiger partial charge in [0.05, 0.1) is 11.3 Å². The number of carbonyl (C=O) groups is 1. The van der Waals surface area contributed by atoms with E-state index in [0.29, 0.717) is 34.9 Å². The molecule has 0 saturated heterocycles. The maximum absolute atomic E-state index is 12.9. The van der Waals surface area contributed by atoms with Gasteiger partial charge in [-0.2, -0.15) is 13.2 Å². The van der Waals surface area contributed by atoms with Crippen LogP contribution in [0.15, 0.2) is 57.4 Å². The lowest BCUT2D eigenvalue weighted by atomic mass is 10.1. The van der Waals surface area contributed by atoms with Gasteiger partial charge in [0.25, 0.3) is 5.91 Å². The van der Waals surface area contributed by atoms with E-state index in [-0.39, 0.29) is 17.1 Å². The van der Waals surface area contributed by atoms with E-state index in [1.54, 1.807) is 12.1 Å². The molecule has 4 rings (SSSR count). The minimum Gasteiger partial charge on any atom is -0.486 e. The SMILES string of the molecule is O=C(Nc1cc2c(cc1Br)OCCO2)c1ccc(-c2cccc(C(F)(F)F)c2)o1. The number of anilines is 1. The van der Waals surface area contributed by atoms with Crippen LogP contribution in [0.3, 0.4) is 0 Å². The summed E-state index contributed by atoms with van der Waals surface area (Å²) in [5.74, 6) is 0.618. The summed E-state index contributed by atoms with van der Waals surface area (Å²) in [6, 6.07) is 10.9. The van der Waals surface area contributed by atoms with Gasteiger partial charge in [0.15, 0.2) is 17.3 Å². The number of benzene rings is 2. The number of amides is 1. The monoisotopic (exact) mass is 467 g/mol. The average molecular weight is 468 g/mol. The van der Waals surface area contributed by atoms with Gasteiger partial charge in [0.1, 0.15) is 19.0 Å². The van der Waals surface area contributed by atoms with Crippen LogP contribution in [-0.2, 0) is 6.18 Å². The summed E-state index contributed by atoms with van der Waals surface area (Å²) in [4.78, 5) is 12.5. The topological polar surface area (TPSA) is 60.7 Å². The van der Waals surface area contributed by atoms with Crippen molar-refractivity contribution in [2.75, 3.05) is 18.5 Å². The van der Waals surface area contributed by atoms with Crippen LogP contribution in [0.2, 0.25) is 0 Å². The van der Waals surface area contributed by atoms with Crippen molar-refractivity contribution in [2.45, 2.75) is 6.18 Å². The highest BCUT2D eigenvalue weighted by molar-refractivity contribution is 9.10. The van der Waals surface area contributed by atoms with Crippen molar-refractivity contribution in [3.05, 3.63) is 64.3 Å². The van der Waals surface area contributed by atoms with Crippen molar-refractivity contribution in [3.63, 3.8) is 0 Å². The number of rotatable bonds is 3. The maximum atomic E-state index is 12.9. The Morgan fingerprint density at radius 3 is 2.45 bits per heavy atom. The Morgan fingerprint density at radius 1 is 1.00 bits per heavy atom. The van der Waals surface area contributed by atoms with Crippen LogP contribution in [0, 0.1) is 0 Å². The summed E-state index contributed by atoms with van der Waals surface area (Å²) in [5.41, 5.74) is -0.131. The zero-order valence-electron chi connectivity index (χ0n) is 14.7. The molecule has 1 N–H and O–H groups in total. The van der Waals surface area contributed by atoms with Crippen LogP contribution in [0.25, 0.3) is 11.3 Å². The summed E-state index contributed by atoms with van der Waals surface area (Å²) in [6.45, 7) is 0.844. The standard InChI is InChI=1S/C20H13BrF3NO4/c21-13-9-17-18(28-7-6-27-17)10-14(13)25-19(26)16-5-4-15(29-16)11-2-1-3-12(8-11)20(22,23)24/h1-5,8-10H,6-7H2,(H,25,26). The van der Waals surface area contributed by atoms with E-state index in [1.807, 2.05) is 0 Å². The molecule has 0 atom stereocenters. The Balaban J connectivity index is 1.55. The first-order chi connectivity index (χ1) is 13.8. The fourth-order valence-corrected chi connectivity index (χ4v) is 3.23. The van der Waals surface area contributed by atoms with Gasteiger partial charge in [-0.3, -0.25) is 4.79 Å². The minimum atomic E-state index is -4.46. The molecule has 1 aliphatic heterocycles. The number of furan rings is 1. The highest BCUT2D eigenvalue weighted by atomic mass is 79.9. The third-order valence-electron chi connectivity index (χ3n) is 4.18. The molecule has 3 aromatic rings. The lowest BCUT2D eigenvalue weighted by molar-refractivity contribution is -0.137. The number of nitrogens with one attached hydrogen (secondary N) is 1. The fourth-order valence-electron chi connectivity index (χ4n) is 2.81. The number of alkyl halides is 3. The second kappa shape index (κ2) is 7.47.